The quantitative estimate of drug-likeness (QED) is 0.528. The fraction of sp³-hybridized carbons (Fsp3) is 0.481. The van der Waals surface area contributed by atoms with Crippen molar-refractivity contribution in [1.82, 2.24) is 0 Å². The molecule has 8 nitrogen and oxygen atoms in total. The standard InChI is InChI=1S/C27H29F3N2O6/c1-15-11-31(12-16(2)38-15)21-6-4-5-20-22(14-37-25(20)21)32(26(34)27(28,29)30)18-7-8-19-17(9-24(33)35-3)13-36-23(19)10-18/h4-8,10,15-17,22H,9,11-14H2,1-3H3/t15-,16+,17-,22-/m1/s1. The van der Waals surface area contributed by atoms with E-state index in [1.807, 2.05) is 19.9 Å². The molecule has 0 N–H and O–H groups in total. The number of halogens is 3. The maximum Gasteiger partial charge on any atom is 0.471 e. The summed E-state index contributed by atoms with van der Waals surface area (Å²) in [6.45, 7) is 5.20. The van der Waals surface area contributed by atoms with Gasteiger partial charge in [0.2, 0.25) is 0 Å². The predicted octanol–water partition coefficient (Wildman–Crippen LogP) is 4.37. The molecule has 3 aliphatic rings. The van der Waals surface area contributed by atoms with Crippen LogP contribution in [0.5, 0.6) is 11.5 Å². The fourth-order valence-electron chi connectivity index (χ4n) is 5.50. The predicted molar refractivity (Wildman–Crippen MR) is 132 cm³/mol. The summed E-state index contributed by atoms with van der Waals surface area (Å²) in [5, 5.41) is 0. The van der Waals surface area contributed by atoms with Crippen molar-refractivity contribution in [3.05, 3.63) is 47.5 Å². The number of para-hydroxylation sites is 1. The molecule has 4 atom stereocenters. The van der Waals surface area contributed by atoms with E-state index < -0.39 is 24.1 Å². The molecule has 11 heteroatoms. The van der Waals surface area contributed by atoms with Gasteiger partial charge in [-0.3, -0.25) is 14.5 Å². The van der Waals surface area contributed by atoms with E-state index in [1.54, 1.807) is 18.2 Å². The highest BCUT2D eigenvalue weighted by Gasteiger charge is 2.48. The van der Waals surface area contributed by atoms with Gasteiger partial charge in [0.05, 0.1) is 44.1 Å². The summed E-state index contributed by atoms with van der Waals surface area (Å²) < 4.78 is 63.8. The summed E-state index contributed by atoms with van der Waals surface area (Å²) in [6.07, 6.45) is -5.07. The van der Waals surface area contributed by atoms with Crippen LogP contribution in [0, 0.1) is 0 Å². The van der Waals surface area contributed by atoms with Crippen molar-refractivity contribution in [2.75, 3.05) is 43.2 Å². The van der Waals surface area contributed by atoms with Crippen LogP contribution in [0.2, 0.25) is 0 Å². The third-order valence-electron chi connectivity index (χ3n) is 7.10. The summed E-state index contributed by atoms with van der Waals surface area (Å²) in [7, 11) is 1.29. The fourth-order valence-corrected chi connectivity index (χ4v) is 5.50. The van der Waals surface area contributed by atoms with Crippen molar-refractivity contribution < 1.29 is 41.7 Å². The summed E-state index contributed by atoms with van der Waals surface area (Å²) in [6, 6.07) is 8.80. The summed E-state index contributed by atoms with van der Waals surface area (Å²) >= 11 is 0. The number of benzene rings is 2. The molecule has 3 heterocycles. The Morgan fingerprint density at radius 2 is 1.79 bits per heavy atom. The molecule has 0 aliphatic carbocycles. The number of morpholine rings is 1. The van der Waals surface area contributed by atoms with Crippen LogP contribution in [-0.2, 0) is 19.1 Å². The van der Waals surface area contributed by atoms with Crippen molar-refractivity contribution in [3.8, 4) is 11.5 Å². The lowest BCUT2D eigenvalue weighted by Crippen LogP contribution is -2.45. The number of amides is 1. The second-order valence-electron chi connectivity index (χ2n) is 9.87. The topological polar surface area (TPSA) is 77.5 Å². The van der Waals surface area contributed by atoms with E-state index in [4.69, 9.17) is 18.9 Å². The number of ether oxygens (including phenoxy) is 4. The monoisotopic (exact) mass is 534 g/mol. The van der Waals surface area contributed by atoms with Crippen LogP contribution >= 0.6 is 0 Å². The second kappa shape index (κ2) is 10.0. The number of esters is 1. The summed E-state index contributed by atoms with van der Waals surface area (Å²) in [5.41, 5.74) is 1.97. The molecule has 3 aliphatic heterocycles. The van der Waals surface area contributed by atoms with Crippen LogP contribution < -0.4 is 19.3 Å². The van der Waals surface area contributed by atoms with Crippen LogP contribution in [0.1, 0.15) is 43.4 Å². The first-order valence-electron chi connectivity index (χ1n) is 12.5. The number of anilines is 2. The molecular formula is C27H29F3N2O6. The van der Waals surface area contributed by atoms with Gasteiger partial charge in [-0.1, -0.05) is 18.2 Å². The van der Waals surface area contributed by atoms with Crippen molar-refractivity contribution in [3.63, 3.8) is 0 Å². The van der Waals surface area contributed by atoms with Gasteiger partial charge in [-0.2, -0.15) is 13.2 Å². The van der Waals surface area contributed by atoms with Crippen LogP contribution in [0.3, 0.4) is 0 Å². The number of nitrogens with zero attached hydrogens (tertiary/aromatic N) is 2. The van der Waals surface area contributed by atoms with Gasteiger partial charge in [-0.05, 0) is 26.0 Å². The number of alkyl halides is 3. The molecule has 1 amide bonds. The average molecular weight is 535 g/mol. The Bertz CT molecular complexity index is 1230. The first-order valence-corrected chi connectivity index (χ1v) is 12.5. The lowest BCUT2D eigenvalue weighted by Gasteiger charge is -2.37. The van der Waals surface area contributed by atoms with Crippen LogP contribution in [0.4, 0.5) is 24.5 Å². The molecule has 1 saturated heterocycles. The Morgan fingerprint density at radius 3 is 2.47 bits per heavy atom. The van der Waals surface area contributed by atoms with Crippen LogP contribution in [0.25, 0.3) is 0 Å². The largest absolute Gasteiger partial charge is 0.493 e. The van der Waals surface area contributed by atoms with E-state index in [-0.39, 0.29) is 43.4 Å². The maximum absolute atomic E-state index is 13.9. The highest BCUT2D eigenvalue weighted by Crippen LogP contribution is 2.47. The number of hydrogen-bond acceptors (Lipinski definition) is 7. The SMILES string of the molecule is COC(=O)C[C@@H]1COc2cc(N(C(=O)C(F)(F)F)[C@@H]3COc4c3cccc4N3C[C@@H](C)O[C@@H](C)C3)ccc21. The number of fused-ring (bicyclic) bond motifs is 2. The van der Waals surface area contributed by atoms with E-state index in [0.29, 0.717) is 35.7 Å². The Balaban J connectivity index is 1.50. The minimum atomic E-state index is -5.11. The summed E-state index contributed by atoms with van der Waals surface area (Å²) in [5.74, 6) is -1.89. The van der Waals surface area contributed by atoms with Crippen molar-refractivity contribution >= 4 is 23.3 Å². The minimum Gasteiger partial charge on any atom is -0.493 e. The van der Waals surface area contributed by atoms with Gasteiger partial charge in [-0.25, -0.2) is 0 Å². The van der Waals surface area contributed by atoms with Gasteiger partial charge in [0, 0.05) is 41.9 Å². The van der Waals surface area contributed by atoms with E-state index in [0.717, 1.165) is 10.6 Å². The highest BCUT2D eigenvalue weighted by molar-refractivity contribution is 5.98. The lowest BCUT2D eigenvalue weighted by atomic mass is 9.97. The number of carbonyl (C=O) groups is 2. The first-order chi connectivity index (χ1) is 18.1. The Kier molecular flexibility index (Phi) is 6.89. The zero-order valence-corrected chi connectivity index (χ0v) is 21.3. The van der Waals surface area contributed by atoms with E-state index in [9.17, 15) is 22.8 Å². The molecule has 2 aromatic carbocycles. The molecule has 0 aromatic heterocycles. The number of carbonyl (C=O) groups excluding carboxylic acids is 2. The zero-order valence-electron chi connectivity index (χ0n) is 21.3. The molecule has 0 saturated carbocycles. The van der Waals surface area contributed by atoms with E-state index >= 15 is 0 Å². The van der Waals surface area contributed by atoms with Crippen molar-refractivity contribution in [2.24, 2.45) is 0 Å². The molecule has 0 bridgehead atoms. The van der Waals surface area contributed by atoms with Gasteiger partial charge in [0.1, 0.15) is 18.1 Å². The van der Waals surface area contributed by atoms with E-state index in [2.05, 4.69) is 4.90 Å². The molecule has 0 unspecified atom stereocenters. The molecule has 204 valence electrons. The molecule has 2 aromatic rings. The first kappa shape index (κ1) is 26.1. The van der Waals surface area contributed by atoms with Crippen molar-refractivity contribution in [1.29, 1.82) is 0 Å². The van der Waals surface area contributed by atoms with Gasteiger partial charge >= 0.3 is 18.1 Å². The van der Waals surface area contributed by atoms with Crippen LogP contribution in [-0.4, -0.2) is 63.7 Å². The number of methoxy groups -OCH3 is 1. The zero-order chi connectivity index (χ0) is 27.2. The Morgan fingerprint density at radius 1 is 1.05 bits per heavy atom. The minimum absolute atomic E-state index is 0.0236. The normalized spacial score (nSPS) is 24.2. The molecule has 0 radical (unpaired) electrons. The third kappa shape index (κ3) is 4.87. The molecule has 0 spiro atoms. The van der Waals surface area contributed by atoms with Crippen LogP contribution in [0.15, 0.2) is 36.4 Å². The van der Waals surface area contributed by atoms with Gasteiger partial charge in [0.25, 0.3) is 0 Å². The Hall–Kier alpha value is -3.47. The summed E-state index contributed by atoms with van der Waals surface area (Å²) in [4.78, 5) is 27.4. The van der Waals surface area contributed by atoms with Gasteiger partial charge in [-0.15, -0.1) is 0 Å². The number of hydrogen-bond donors (Lipinski definition) is 0. The highest BCUT2D eigenvalue weighted by atomic mass is 19.4. The second-order valence-corrected chi connectivity index (χ2v) is 9.87. The Labute approximate surface area is 218 Å². The van der Waals surface area contributed by atoms with Gasteiger partial charge in [0.15, 0.2) is 0 Å². The van der Waals surface area contributed by atoms with E-state index in [1.165, 1.54) is 19.2 Å². The maximum atomic E-state index is 13.9. The van der Waals surface area contributed by atoms with Gasteiger partial charge < -0.3 is 23.8 Å². The molecule has 1 fully saturated rings. The molecule has 38 heavy (non-hydrogen) atoms. The average Bonchev–Trinajstić information content (AvgIpc) is 3.47. The third-order valence-corrected chi connectivity index (χ3v) is 7.10. The lowest BCUT2D eigenvalue weighted by molar-refractivity contribution is -0.171. The van der Waals surface area contributed by atoms with Crippen molar-refractivity contribution in [2.45, 2.75) is 50.6 Å². The molecule has 5 rings (SSSR count). The smallest absolute Gasteiger partial charge is 0.471 e. The molecular weight excluding hydrogens is 505 g/mol. The number of rotatable bonds is 5.